The molecule has 2 amide bonds. The Kier molecular flexibility index (Phi) is 3.34. The molecule has 0 atom stereocenters. The van der Waals surface area contributed by atoms with E-state index in [9.17, 15) is 4.79 Å². The van der Waals surface area contributed by atoms with Crippen molar-refractivity contribution in [3.8, 4) is 0 Å². The third-order valence-electron chi connectivity index (χ3n) is 3.76. The number of nitrogens with one attached hydrogen (secondary N) is 1. The number of hydrogen-bond acceptors (Lipinski definition) is 2. The van der Waals surface area contributed by atoms with Crippen molar-refractivity contribution in [1.82, 2.24) is 10.2 Å². The monoisotopic (exact) mass is 240 g/mol. The highest BCUT2D eigenvalue weighted by Crippen LogP contribution is 2.39. The number of urea groups is 1. The Balaban J connectivity index is 1.91. The molecule has 0 aromatic carbocycles. The van der Waals surface area contributed by atoms with Gasteiger partial charge in [-0.3, -0.25) is 0 Å². The van der Waals surface area contributed by atoms with Crippen LogP contribution in [0.2, 0.25) is 0 Å². The third kappa shape index (κ3) is 3.12. The first-order valence-electron chi connectivity index (χ1n) is 6.55. The maximum atomic E-state index is 12.1. The molecule has 4 heteroatoms. The Hall–Kier alpha value is -0.770. The summed E-state index contributed by atoms with van der Waals surface area (Å²) in [4.78, 5) is 14.0. The minimum atomic E-state index is -0.150. The molecule has 2 rings (SSSR count). The van der Waals surface area contributed by atoms with Crippen LogP contribution in [0.25, 0.3) is 0 Å². The second-order valence-electron chi connectivity index (χ2n) is 6.46. The highest BCUT2D eigenvalue weighted by molar-refractivity contribution is 5.75. The molecule has 2 heterocycles. The molecule has 0 aromatic heterocycles. The van der Waals surface area contributed by atoms with Crippen molar-refractivity contribution in [3.05, 3.63) is 0 Å². The van der Waals surface area contributed by atoms with Crippen molar-refractivity contribution < 1.29 is 9.53 Å². The van der Waals surface area contributed by atoms with Gasteiger partial charge < -0.3 is 15.0 Å². The summed E-state index contributed by atoms with van der Waals surface area (Å²) < 4.78 is 5.41. The molecule has 4 nitrogen and oxygen atoms in total. The molecule has 2 saturated heterocycles. The van der Waals surface area contributed by atoms with E-state index in [0.717, 1.165) is 45.6 Å². The molecule has 1 spiro atoms. The van der Waals surface area contributed by atoms with Crippen LogP contribution >= 0.6 is 0 Å². The molecular formula is C13H24N2O2. The molecule has 0 bridgehead atoms. The number of hydrogen-bond donors (Lipinski definition) is 1. The van der Waals surface area contributed by atoms with Gasteiger partial charge in [0.15, 0.2) is 0 Å². The van der Waals surface area contributed by atoms with Crippen LogP contribution in [0.5, 0.6) is 0 Å². The second-order valence-corrected chi connectivity index (χ2v) is 6.46. The van der Waals surface area contributed by atoms with Crippen LogP contribution in [0, 0.1) is 5.41 Å². The van der Waals surface area contributed by atoms with Crippen molar-refractivity contribution in [2.75, 3.05) is 26.3 Å². The fourth-order valence-electron chi connectivity index (χ4n) is 2.72. The van der Waals surface area contributed by atoms with E-state index in [2.05, 4.69) is 5.32 Å². The molecule has 98 valence electrons. The topological polar surface area (TPSA) is 41.6 Å². The molecule has 17 heavy (non-hydrogen) atoms. The summed E-state index contributed by atoms with van der Waals surface area (Å²) in [5.41, 5.74) is 0.190. The molecule has 1 N–H and O–H groups in total. The number of carbonyl (C=O) groups is 1. The van der Waals surface area contributed by atoms with Crippen LogP contribution in [0.4, 0.5) is 4.79 Å². The molecule has 0 aromatic rings. The Bertz CT molecular complexity index is 290. The first kappa shape index (κ1) is 12.7. The van der Waals surface area contributed by atoms with E-state index < -0.39 is 0 Å². The van der Waals surface area contributed by atoms with Gasteiger partial charge in [0.2, 0.25) is 0 Å². The average Bonchev–Trinajstić information content (AvgIpc) is 2.61. The Morgan fingerprint density at radius 2 is 1.88 bits per heavy atom. The van der Waals surface area contributed by atoms with E-state index in [-0.39, 0.29) is 11.6 Å². The van der Waals surface area contributed by atoms with Gasteiger partial charge in [-0.25, -0.2) is 4.79 Å². The lowest BCUT2D eigenvalue weighted by molar-refractivity contribution is 0.0207. The lowest BCUT2D eigenvalue weighted by Gasteiger charge is -2.33. The van der Waals surface area contributed by atoms with Crippen LogP contribution in [-0.2, 0) is 4.74 Å². The number of nitrogens with zero attached hydrogens (tertiary/aromatic N) is 1. The summed E-state index contributed by atoms with van der Waals surface area (Å²) in [6, 6.07) is 0.0841. The summed E-state index contributed by atoms with van der Waals surface area (Å²) >= 11 is 0. The minimum Gasteiger partial charge on any atom is -0.381 e. The highest BCUT2D eigenvalue weighted by atomic mass is 16.5. The predicted octanol–water partition coefficient (Wildman–Crippen LogP) is 2.00. The smallest absolute Gasteiger partial charge is 0.317 e. The van der Waals surface area contributed by atoms with Crippen molar-refractivity contribution >= 4 is 6.03 Å². The maximum absolute atomic E-state index is 12.1. The zero-order chi connectivity index (χ0) is 12.5. The number of ether oxygens (including phenoxy) is 1. The molecule has 0 saturated carbocycles. The summed E-state index contributed by atoms with van der Waals surface area (Å²) in [6.45, 7) is 9.56. The SMILES string of the molecule is CC(C)(C)NC(=O)N1CCC2(CCOCC2)C1. The third-order valence-corrected chi connectivity index (χ3v) is 3.76. The van der Waals surface area contributed by atoms with Gasteiger partial charge >= 0.3 is 6.03 Å². The van der Waals surface area contributed by atoms with Gasteiger partial charge in [-0.05, 0) is 45.4 Å². The molecular weight excluding hydrogens is 216 g/mol. The molecule has 2 aliphatic rings. The fourth-order valence-corrected chi connectivity index (χ4v) is 2.72. The van der Waals surface area contributed by atoms with Crippen molar-refractivity contribution in [1.29, 1.82) is 0 Å². The van der Waals surface area contributed by atoms with Gasteiger partial charge in [0, 0.05) is 31.8 Å². The molecule has 2 aliphatic heterocycles. The Morgan fingerprint density at radius 1 is 1.24 bits per heavy atom. The highest BCUT2D eigenvalue weighted by Gasteiger charge is 2.41. The predicted molar refractivity (Wildman–Crippen MR) is 67.0 cm³/mol. The summed E-state index contributed by atoms with van der Waals surface area (Å²) in [5.74, 6) is 0. The van der Waals surface area contributed by atoms with E-state index in [4.69, 9.17) is 4.74 Å². The van der Waals surface area contributed by atoms with Crippen LogP contribution in [-0.4, -0.2) is 42.8 Å². The molecule has 0 radical (unpaired) electrons. The fraction of sp³-hybridized carbons (Fsp3) is 0.923. The lowest BCUT2D eigenvalue weighted by atomic mass is 9.80. The average molecular weight is 240 g/mol. The van der Waals surface area contributed by atoms with Gasteiger partial charge in [-0.1, -0.05) is 0 Å². The van der Waals surface area contributed by atoms with Crippen molar-refractivity contribution in [2.24, 2.45) is 5.41 Å². The lowest BCUT2D eigenvalue weighted by Crippen LogP contribution is -2.48. The zero-order valence-corrected chi connectivity index (χ0v) is 11.2. The quantitative estimate of drug-likeness (QED) is 0.703. The van der Waals surface area contributed by atoms with Crippen LogP contribution in [0.1, 0.15) is 40.0 Å². The van der Waals surface area contributed by atoms with Gasteiger partial charge in [0.05, 0.1) is 0 Å². The summed E-state index contributed by atoms with van der Waals surface area (Å²) in [6.07, 6.45) is 3.34. The van der Waals surface area contributed by atoms with E-state index in [1.165, 1.54) is 0 Å². The maximum Gasteiger partial charge on any atom is 0.317 e. The van der Waals surface area contributed by atoms with E-state index in [1.807, 2.05) is 25.7 Å². The van der Waals surface area contributed by atoms with E-state index in [1.54, 1.807) is 0 Å². The number of rotatable bonds is 0. The molecule has 0 unspecified atom stereocenters. The van der Waals surface area contributed by atoms with E-state index in [0.29, 0.717) is 5.41 Å². The largest absolute Gasteiger partial charge is 0.381 e. The van der Waals surface area contributed by atoms with Crippen molar-refractivity contribution in [3.63, 3.8) is 0 Å². The Morgan fingerprint density at radius 3 is 2.47 bits per heavy atom. The number of amides is 2. The van der Waals surface area contributed by atoms with Gasteiger partial charge in [-0.2, -0.15) is 0 Å². The number of carbonyl (C=O) groups excluding carboxylic acids is 1. The first-order valence-corrected chi connectivity index (χ1v) is 6.55. The summed E-state index contributed by atoms with van der Waals surface area (Å²) in [5, 5.41) is 3.04. The number of likely N-dealkylation sites (tertiary alicyclic amines) is 1. The van der Waals surface area contributed by atoms with Crippen molar-refractivity contribution in [2.45, 2.75) is 45.6 Å². The van der Waals surface area contributed by atoms with Crippen LogP contribution < -0.4 is 5.32 Å². The standard InChI is InChI=1S/C13H24N2O2/c1-12(2,3)14-11(16)15-7-4-13(10-15)5-8-17-9-6-13/h4-10H2,1-3H3,(H,14,16). The van der Waals surface area contributed by atoms with Crippen LogP contribution in [0.3, 0.4) is 0 Å². The van der Waals surface area contributed by atoms with Gasteiger partial charge in [-0.15, -0.1) is 0 Å². The summed E-state index contributed by atoms with van der Waals surface area (Å²) in [7, 11) is 0. The minimum absolute atomic E-state index is 0.0841. The first-order chi connectivity index (χ1) is 7.90. The van der Waals surface area contributed by atoms with Crippen LogP contribution in [0.15, 0.2) is 0 Å². The van der Waals surface area contributed by atoms with E-state index >= 15 is 0 Å². The van der Waals surface area contributed by atoms with Gasteiger partial charge in [0.25, 0.3) is 0 Å². The van der Waals surface area contributed by atoms with Gasteiger partial charge in [0.1, 0.15) is 0 Å². The second kappa shape index (κ2) is 4.48. The molecule has 2 fully saturated rings. The normalized spacial score (nSPS) is 24.1. The zero-order valence-electron chi connectivity index (χ0n) is 11.2. The molecule has 0 aliphatic carbocycles. The Labute approximate surface area is 104 Å².